The summed E-state index contributed by atoms with van der Waals surface area (Å²) < 4.78 is 63.9. The van der Waals surface area contributed by atoms with Crippen LogP contribution in [-0.4, -0.2) is 9.78 Å². The molecule has 1 heterocycles. The third kappa shape index (κ3) is 2.70. The molecule has 1 aromatic heterocycles. The van der Waals surface area contributed by atoms with Crippen LogP contribution in [0, 0.1) is 0 Å². The van der Waals surface area contributed by atoms with E-state index in [1.54, 1.807) is 0 Å². The molecule has 0 bridgehead atoms. The quantitative estimate of drug-likeness (QED) is 0.701. The van der Waals surface area contributed by atoms with Gasteiger partial charge in [-0.25, -0.2) is 8.78 Å². The van der Waals surface area contributed by atoms with Crippen LogP contribution in [0.4, 0.5) is 22.0 Å². The Morgan fingerprint density at radius 1 is 1.18 bits per heavy atom. The average Bonchev–Trinajstić information content (AvgIpc) is 2.40. The number of rotatable bonds is 1. The lowest BCUT2D eigenvalue weighted by molar-refractivity contribution is -0.148. The predicted molar refractivity (Wildman–Crippen MR) is 52.2 cm³/mol. The van der Waals surface area contributed by atoms with Crippen molar-refractivity contribution in [3.05, 3.63) is 16.4 Å². The third-order valence-corrected chi connectivity index (χ3v) is 2.28. The highest BCUT2D eigenvalue weighted by Crippen LogP contribution is 2.41. The number of hydrogen-bond acceptors (Lipinski definition) is 1. The number of halogens is 6. The maximum Gasteiger partial charge on any atom is 0.433 e. The van der Waals surface area contributed by atoms with Crippen LogP contribution in [0.15, 0.2) is 0 Å². The largest absolute Gasteiger partial charge is 0.433 e. The molecule has 2 nitrogen and oxygen atoms in total. The summed E-state index contributed by atoms with van der Waals surface area (Å²) in [6, 6.07) is 0. The van der Waals surface area contributed by atoms with E-state index < -0.39 is 34.6 Å². The minimum atomic E-state index is -4.93. The second-order valence-electron chi connectivity index (χ2n) is 4.43. The van der Waals surface area contributed by atoms with Crippen LogP contribution >= 0.6 is 11.6 Å². The monoisotopic (exact) mass is 276 g/mol. The van der Waals surface area contributed by atoms with Crippen molar-refractivity contribution in [1.82, 2.24) is 9.78 Å². The van der Waals surface area contributed by atoms with Crippen molar-refractivity contribution in [2.24, 2.45) is 0 Å². The first-order valence-corrected chi connectivity index (χ1v) is 4.98. The zero-order chi connectivity index (χ0) is 13.6. The molecule has 0 saturated carbocycles. The molecule has 0 radical (unpaired) electrons. The molecule has 0 aliphatic heterocycles. The molecule has 1 rings (SSSR count). The zero-order valence-electron chi connectivity index (χ0n) is 9.24. The fourth-order valence-electron chi connectivity index (χ4n) is 1.36. The summed E-state index contributed by atoms with van der Waals surface area (Å²) in [4.78, 5) is 0. The molecular formula is C9H10ClF5N2. The summed E-state index contributed by atoms with van der Waals surface area (Å²) in [5.74, 6) is 0. The Hall–Kier alpha value is -0.850. The van der Waals surface area contributed by atoms with Gasteiger partial charge >= 0.3 is 6.18 Å². The zero-order valence-corrected chi connectivity index (χ0v) is 10.00. The third-order valence-electron chi connectivity index (χ3n) is 2.00. The standard InChI is InChI=1S/C9H10ClF5N2/c1-8(2,3)17-5(9(13,14)15)4(7(11)12)6(10)16-17/h7H,1-3H3. The first-order valence-electron chi connectivity index (χ1n) is 4.60. The first kappa shape index (κ1) is 14.2. The van der Waals surface area contributed by atoms with Crippen LogP contribution in [0.3, 0.4) is 0 Å². The highest BCUT2D eigenvalue weighted by molar-refractivity contribution is 6.30. The summed E-state index contributed by atoms with van der Waals surface area (Å²) in [6.07, 6.45) is -8.26. The van der Waals surface area contributed by atoms with Crippen LogP contribution in [0.25, 0.3) is 0 Å². The molecule has 0 saturated heterocycles. The molecule has 0 fully saturated rings. The summed E-state index contributed by atoms with van der Waals surface area (Å²) in [5, 5.41) is 2.53. The van der Waals surface area contributed by atoms with E-state index in [0.717, 1.165) is 0 Å². The Balaban J connectivity index is 3.60. The molecule has 0 unspecified atom stereocenters. The van der Waals surface area contributed by atoms with Gasteiger partial charge in [0.05, 0.1) is 11.1 Å². The molecule has 1 aromatic rings. The Morgan fingerprint density at radius 3 is 1.94 bits per heavy atom. The second kappa shape index (κ2) is 4.12. The molecular weight excluding hydrogens is 267 g/mol. The van der Waals surface area contributed by atoms with Crippen LogP contribution in [0.2, 0.25) is 5.15 Å². The molecule has 98 valence electrons. The first-order chi connectivity index (χ1) is 7.46. The van der Waals surface area contributed by atoms with Gasteiger partial charge in [0.1, 0.15) is 0 Å². The summed E-state index contributed by atoms with van der Waals surface area (Å²) >= 11 is 5.35. The molecule has 0 aliphatic carbocycles. The van der Waals surface area contributed by atoms with Crippen LogP contribution in [-0.2, 0) is 11.7 Å². The highest BCUT2D eigenvalue weighted by atomic mass is 35.5. The number of hydrogen-bond donors (Lipinski definition) is 0. The highest BCUT2D eigenvalue weighted by Gasteiger charge is 2.44. The van der Waals surface area contributed by atoms with Gasteiger partial charge in [0.2, 0.25) is 0 Å². The van der Waals surface area contributed by atoms with E-state index in [1.165, 1.54) is 20.8 Å². The maximum absolute atomic E-state index is 12.8. The number of nitrogens with zero attached hydrogens (tertiary/aromatic N) is 2. The molecule has 0 aliphatic rings. The smallest absolute Gasteiger partial charge is 0.253 e. The van der Waals surface area contributed by atoms with Crippen molar-refractivity contribution in [2.75, 3.05) is 0 Å². The van der Waals surface area contributed by atoms with Gasteiger partial charge in [-0.15, -0.1) is 0 Å². The van der Waals surface area contributed by atoms with Crippen LogP contribution < -0.4 is 0 Å². The number of aromatic nitrogens is 2. The lowest BCUT2D eigenvalue weighted by atomic mass is 10.1. The van der Waals surface area contributed by atoms with Gasteiger partial charge in [0.25, 0.3) is 6.43 Å². The fraction of sp³-hybridized carbons (Fsp3) is 0.667. The lowest BCUT2D eigenvalue weighted by Gasteiger charge is -2.23. The Kier molecular flexibility index (Phi) is 3.44. The Morgan fingerprint density at radius 2 is 1.65 bits per heavy atom. The van der Waals surface area contributed by atoms with Crippen molar-refractivity contribution in [1.29, 1.82) is 0 Å². The second-order valence-corrected chi connectivity index (χ2v) is 4.79. The van der Waals surface area contributed by atoms with Gasteiger partial charge in [0.15, 0.2) is 10.8 Å². The van der Waals surface area contributed by atoms with Gasteiger partial charge in [0, 0.05) is 0 Å². The Bertz CT molecular complexity index is 416. The van der Waals surface area contributed by atoms with E-state index in [1.807, 2.05) is 0 Å². The Labute approximate surface area is 99.4 Å². The summed E-state index contributed by atoms with van der Waals surface area (Å²) in [6.45, 7) is 4.25. The molecule has 0 amide bonds. The minimum absolute atomic E-state index is 0.483. The van der Waals surface area contributed by atoms with Crippen LogP contribution in [0.5, 0.6) is 0 Å². The molecule has 0 N–H and O–H groups in total. The van der Waals surface area contributed by atoms with E-state index in [-0.39, 0.29) is 0 Å². The topological polar surface area (TPSA) is 17.8 Å². The van der Waals surface area contributed by atoms with Gasteiger partial charge in [-0.1, -0.05) is 11.6 Å². The molecule has 8 heteroatoms. The van der Waals surface area contributed by atoms with Crippen molar-refractivity contribution in [3.8, 4) is 0 Å². The maximum atomic E-state index is 12.8. The van der Waals surface area contributed by atoms with Crippen LogP contribution in [0.1, 0.15) is 38.5 Å². The molecule has 17 heavy (non-hydrogen) atoms. The summed E-state index contributed by atoms with van der Waals surface area (Å²) in [5.41, 5.74) is -3.86. The van der Waals surface area contributed by atoms with Crippen molar-refractivity contribution in [2.45, 2.75) is 38.9 Å². The predicted octanol–water partition coefficient (Wildman–Crippen LogP) is 4.25. The van der Waals surface area contributed by atoms with Gasteiger partial charge in [-0.2, -0.15) is 18.3 Å². The lowest BCUT2D eigenvalue weighted by Crippen LogP contribution is -2.29. The van der Waals surface area contributed by atoms with E-state index >= 15 is 0 Å². The van der Waals surface area contributed by atoms with Crippen molar-refractivity contribution in [3.63, 3.8) is 0 Å². The SMILES string of the molecule is CC(C)(C)n1nc(Cl)c(C(F)F)c1C(F)(F)F. The molecule has 0 atom stereocenters. The number of alkyl halides is 5. The molecule has 0 spiro atoms. The van der Waals surface area contributed by atoms with E-state index in [9.17, 15) is 22.0 Å². The van der Waals surface area contributed by atoms with Gasteiger partial charge in [-0.3, -0.25) is 4.68 Å². The fourth-order valence-corrected chi connectivity index (χ4v) is 1.60. The van der Waals surface area contributed by atoms with E-state index in [2.05, 4.69) is 5.10 Å². The van der Waals surface area contributed by atoms with Gasteiger partial charge < -0.3 is 0 Å². The minimum Gasteiger partial charge on any atom is -0.253 e. The average molecular weight is 277 g/mol. The summed E-state index contributed by atoms with van der Waals surface area (Å²) in [7, 11) is 0. The van der Waals surface area contributed by atoms with Crippen molar-refractivity contribution < 1.29 is 22.0 Å². The van der Waals surface area contributed by atoms with E-state index in [0.29, 0.717) is 4.68 Å². The molecule has 0 aromatic carbocycles. The van der Waals surface area contributed by atoms with Gasteiger partial charge in [-0.05, 0) is 20.8 Å². The normalized spacial score (nSPS) is 13.5. The van der Waals surface area contributed by atoms with Crippen molar-refractivity contribution >= 4 is 11.6 Å². The van der Waals surface area contributed by atoms with E-state index in [4.69, 9.17) is 11.6 Å².